The monoisotopic (exact) mass is 321 g/mol. The number of rotatable bonds is 5. The van der Waals surface area contributed by atoms with Gasteiger partial charge in [0.2, 0.25) is 5.91 Å². The molecule has 1 amide bonds. The van der Waals surface area contributed by atoms with Gasteiger partial charge in [0, 0.05) is 13.1 Å². The van der Waals surface area contributed by atoms with Crippen LogP contribution in [-0.4, -0.2) is 37.3 Å². The second kappa shape index (κ2) is 6.41. The van der Waals surface area contributed by atoms with E-state index in [0.717, 1.165) is 12.1 Å². The summed E-state index contributed by atoms with van der Waals surface area (Å²) in [6, 6.07) is 9.95. The summed E-state index contributed by atoms with van der Waals surface area (Å²) in [7, 11) is -3.01. The first-order valence-electron chi connectivity index (χ1n) is 8.07. The van der Waals surface area contributed by atoms with Crippen LogP contribution in [0.15, 0.2) is 30.3 Å². The van der Waals surface area contributed by atoms with Gasteiger partial charge in [0.25, 0.3) is 0 Å². The molecule has 0 N–H and O–H groups in total. The fourth-order valence-electron chi connectivity index (χ4n) is 3.27. The minimum atomic E-state index is -3.01. The fourth-order valence-corrected chi connectivity index (χ4v) is 5.00. The SMILES string of the molecule is O=C(C1CCS(=O)(=O)C1)N(Cc1ccccc1)CC1CCC1. The van der Waals surface area contributed by atoms with Crippen LogP contribution in [0.5, 0.6) is 0 Å². The number of benzene rings is 1. The number of amides is 1. The van der Waals surface area contributed by atoms with Crippen molar-refractivity contribution in [3.05, 3.63) is 35.9 Å². The molecular formula is C17H23NO3S. The van der Waals surface area contributed by atoms with Gasteiger partial charge < -0.3 is 4.90 Å². The maximum absolute atomic E-state index is 12.8. The highest BCUT2D eigenvalue weighted by Gasteiger charge is 2.36. The smallest absolute Gasteiger partial charge is 0.227 e. The molecule has 22 heavy (non-hydrogen) atoms. The Labute approximate surface area is 132 Å². The third kappa shape index (κ3) is 3.69. The molecule has 1 unspecified atom stereocenters. The zero-order valence-electron chi connectivity index (χ0n) is 12.8. The molecule has 0 aromatic heterocycles. The lowest BCUT2D eigenvalue weighted by molar-refractivity contribution is -0.136. The summed E-state index contributed by atoms with van der Waals surface area (Å²) in [6.07, 6.45) is 4.09. The minimum absolute atomic E-state index is 0.0248. The molecule has 1 aliphatic carbocycles. The highest BCUT2D eigenvalue weighted by atomic mass is 32.2. The molecule has 1 aliphatic heterocycles. The molecule has 1 aromatic carbocycles. The Morgan fingerprint density at radius 2 is 1.86 bits per heavy atom. The van der Waals surface area contributed by atoms with E-state index in [0.29, 0.717) is 18.9 Å². The van der Waals surface area contributed by atoms with Crippen LogP contribution in [0.4, 0.5) is 0 Å². The van der Waals surface area contributed by atoms with Crippen molar-refractivity contribution in [3.8, 4) is 0 Å². The molecule has 4 nitrogen and oxygen atoms in total. The summed E-state index contributed by atoms with van der Waals surface area (Å²) >= 11 is 0. The van der Waals surface area contributed by atoms with Crippen LogP contribution in [0.2, 0.25) is 0 Å². The quantitative estimate of drug-likeness (QED) is 0.836. The lowest BCUT2D eigenvalue weighted by Crippen LogP contribution is -2.40. The highest BCUT2D eigenvalue weighted by molar-refractivity contribution is 7.91. The van der Waals surface area contributed by atoms with E-state index in [2.05, 4.69) is 0 Å². The normalized spacial score (nSPS) is 23.9. The first kappa shape index (κ1) is 15.5. The summed E-state index contributed by atoms with van der Waals surface area (Å²) in [5.74, 6) is 0.463. The summed E-state index contributed by atoms with van der Waals surface area (Å²) < 4.78 is 23.3. The van der Waals surface area contributed by atoms with Gasteiger partial charge >= 0.3 is 0 Å². The first-order valence-corrected chi connectivity index (χ1v) is 9.89. The third-order valence-corrected chi connectivity index (χ3v) is 6.58. The molecule has 2 fully saturated rings. The highest BCUT2D eigenvalue weighted by Crippen LogP contribution is 2.29. The van der Waals surface area contributed by atoms with E-state index in [1.165, 1.54) is 19.3 Å². The van der Waals surface area contributed by atoms with Gasteiger partial charge in [0.05, 0.1) is 17.4 Å². The molecule has 5 heteroatoms. The fraction of sp³-hybridized carbons (Fsp3) is 0.588. The number of hydrogen-bond donors (Lipinski definition) is 0. The summed E-state index contributed by atoms with van der Waals surface area (Å²) in [5.41, 5.74) is 1.11. The lowest BCUT2D eigenvalue weighted by atomic mass is 9.85. The van der Waals surface area contributed by atoms with Gasteiger partial charge in [-0.05, 0) is 30.7 Å². The molecule has 1 saturated carbocycles. The Hall–Kier alpha value is -1.36. The molecule has 1 heterocycles. The Morgan fingerprint density at radius 1 is 1.14 bits per heavy atom. The molecular weight excluding hydrogens is 298 g/mol. The van der Waals surface area contributed by atoms with Crippen molar-refractivity contribution in [2.24, 2.45) is 11.8 Å². The van der Waals surface area contributed by atoms with Crippen molar-refractivity contribution in [2.75, 3.05) is 18.1 Å². The molecule has 0 bridgehead atoms. The number of sulfone groups is 1. The number of hydrogen-bond acceptors (Lipinski definition) is 3. The van der Waals surface area contributed by atoms with Gasteiger partial charge in [0.15, 0.2) is 9.84 Å². The van der Waals surface area contributed by atoms with Crippen LogP contribution in [0.25, 0.3) is 0 Å². The van der Waals surface area contributed by atoms with Gasteiger partial charge in [0.1, 0.15) is 0 Å². The molecule has 0 radical (unpaired) electrons. The average Bonchev–Trinajstić information content (AvgIpc) is 2.82. The van der Waals surface area contributed by atoms with Crippen LogP contribution in [-0.2, 0) is 21.2 Å². The molecule has 0 spiro atoms. The molecule has 1 saturated heterocycles. The maximum atomic E-state index is 12.8. The van der Waals surface area contributed by atoms with E-state index in [-0.39, 0.29) is 23.3 Å². The topological polar surface area (TPSA) is 54.5 Å². The van der Waals surface area contributed by atoms with Crippen molar-refractivity contribution in [3.63, 3.8) is 0 Å². The van der Waals surface area contributed by atoms with Crippen molar-refractivity contribution in [1.82, 2.24) is 4.90 Å². The zero-order valence-corrected chi connectivity index (χ0v) is 13.6. The summed E-state index contributed by atoms with van der Waals surface area (Å²) in [6.45, 7) is 1.36. The average molecular weight is 321 g/mol. The lowest BCUT2D eigenvalue weighted by Gasteiger charge is -2.33. The van der Waals surface area contributed by atoms with E-state index < -0.39 is 9.84 Å². The van der Waals surface area contributed by atoms with E-state index in [1.807, 2.05) is 35.2 Å². The van der Waals surface area contributed by atoms with Gasteiger partial charge in [-0.1, -0.05) is 36.8 Å². The Balaban J connectivity index is 1.71. The zero-order chi connectivity index (χ0) is 15.6. The van der Waals surface area contributed by atoms with Gasteiger partial charge in [-0.3, -0.25) is 4.79 Å². The van der Waals surface area contributed by atoms with Crippen LogP contribution >= 0.6 is 0 Å². The van der Waals surface area contributed by atoms with Gasteiger partial charge in [-0.25, -0.2) is 8.42 Å². The molecule has 2 aliphatic rings. The Bertz CT molecular complexity index is 623. The molecule has 120 valence electrons. The molecule has 1 atom stereocenters. The van der Waals surface area contributed by atoms with E-state index in [4.69, 9.17) is 0 Å². The third-order valence-electron chi connectivity index (χ3n) is 4.81. The van der Waals surface area contributed by atoms with Crippen LogP contribution in [0.1, 0.15) is 31.2 Å². The summed E-state index contributed by atoms with van der Waals surface area (Å²) in [4.78, 5) is 14.7. The second-order valence-electron chi connectivity index (χ2n) is 6.60. The standard InChI is InChI=1S/C17H23NO3S/c19-17(16-9-10-22(20,21)13-16)18(12-15-7-4-8-15)11-14-5-2-1-3-6-14/h1-3,5-6,15-16H,4,7-13H2. The van der Waals surface area contributed by atoms with E-state index in [9.17, 15) is 13.2 Å². The van der Waals surface area contributed by atoms with Gasteiger partial charge in [-0.2, -0.15) is 0 Å². The Kier molecular flexibility index (Phi) is 4.52. The number of nitrogens with zero attached hydrogens (tertiary/aromatic N) is 1. The minimum Gasteiger partial charge on any atom is -0.338 e. The molecule has 3 rings (SSSR count). The first-order chi connectivity index (χ1) is 10.5. The number of carbonyl (C=O) groups is 1. The van der Waals surface area contributed by atoms with E-state index in [1.54, 1.807) is 0 Å². The van der Waals surface area contributed by atoms with Crippen molar-refractivity contribution >= 4 is 15.7 Å². The Morgan fingerprint density at radius 3 is 2.41 bits per heavy atom. The van der Waals surface area contributed by atoms with E-state index >= 15 is 0 Å². The van der Waals surface area contributed by atoms with Crippen molar-refractivity contribution in [2.45, 2.75) is 32.2 Å². The van der Waals surface area contributed by atoms with Crippen molar-refractivity contribution < 1.29 is 13.2 Å². The number of carbonyl (C=O) groups excluding carboxylic acids is 1. The summed E-state index contributed by atoms with van der Waals surface area (Å²) in [5, 5.41) is 0. The van der Waals surface area contributed by atoms with Crippen LogP contribution < -0.4 is 0 Å². The molecule has 1 aromatic rings. The van der Waals surface area contributed by atoms with Crippen LogP contribution in [0, 0.1) is 11.8 Å². The second-order valence-corrected chi connectivity index (χ2v) is 8.83. The largest absolute Gasteiger partial charge is 0.338 e. The van der Waals surface area contributed by atoms with Gasteiger partial charge in [-0.15, -0.1) is 0 Å². The van der Waals surface area contributed by atoms with Crippen LogP contribution in [0.3, 0.4) is 0 Å². The predicted octanol–water partition coefficient (Wildman–Crippen LogP) is 2.25. The maximum Gasteiger partial charge on any atom is 0.227 e. The predicted molar refractivity (Wildman–Crippen MR) is 86.0 cm³/mol. The van der Waals surface area contributed by atoms with Crippen molar-refractivity contribution in [1.29, 1.82) is 0 Å².